The van der Waals surface area contributed by atoms with Gasteiger partial charge in [-0.1, -0.05) is 24.3 Å². The molecule has 0 N–H and O–H groups in total. The highest BCUT2D eigenvalue weighted by atomic mass is 16.6. The van der Waals surface area contributed by atoms with E-state index in [1.165, 1.54) is 44.1 Å². The van der Waals surface area contributed by atoms with E-state index in [0.717, 1.165) is 28.9 Å². The van der Waals surface area contributed by atoms with Gasteiger partial charge in [0, 0.05) is 12.1 Å². The molecule has 2 aromatic carbocycles. The molecule has 6 rings (SSSR count). The molecule has 0 unspecified atom stereocenters. The van der Waals surface area contributed by atoms with Crippen LogP contribution in [0.15, 0.2) is 48.5 Å². The Morgan fingerprint density at radius 3 is 1.64 bits per heavy atom. The van der Waals surface area contributed by atoms with Crippen molar-refractivity contribution in [1.29, 1.82) is 0 Å². The number of nitro benzene ring substituents is 1. The van der Waals surface area contributed by atoms with E-state index >= 15 is 0 Å². The number of nitro groups is 1. The predicted octanol–water partition coefficient (Wildman–Crippen LogP) is 5.73. The van der Waals surface area contributed by atoms with Gasteiger partial charge in [-0.25, -0.2) is 0 Å². The molecule has 4 fully saturated rings. The SMILES string of the molecule is O=[N+]([O-])c1ccc(-c2ccc(C34CC5CC(CC(C5)C3)C4)cc2)cc1. The summed E-state index contributed by atoms with van der Waals surface area (Å²) in [4.78, 5) is 10.5. The largest absolute Gasteiger partial charge is 0.269 e. The van der Waals surface area contributed by atoms with Crippen LogP contribution in [0, 0.1) is 27.9 Å². The van der Waals surface area contributed by atoms with E-state index in [2.05, 4.69) is 24.3 Å². The number of non-ortho nitro benzene ring substituents is 1. The first-order chi connectivity index (χ1) is 12.1. The Balaban J connectivity index is 1.43. The van der Waals surface area contributed by atoms with Crippen LogP contribution < -0.4 is 0 Å². The third-order valence-corrected chi connectivity index (χ3v) is 6.95. The fraction of sp³-hybridized carbons (Fsp3) is 0.455. The lowest BCUT2D eigenvalue weighted by molar-refractivity contribution is -0.384. The first-order valence-corrected chi connectivity index (χ1v) is 9.47. The molecule has 0 atom stereocenters. The summed E-state index contributed by atoms with van der Waals surface area (Å²) >= 11 is 0. The summed E-state index contributed by atoms with van der Waals surface area (Å²) in [5.41, 5.74) is 4.29. The molecule has 0 spiro atoms. The van der Waals surface area contributed by atoms with E-state index in [1.54, 1.807) is 12.1 Å². The maximum absolute atomic E-state index is 10.8. The van der Waals surface area contributed by atoms with Crippen molar-refractivity contribution in [3.8, 4) is 11.1 Å². The van der Waals surface area contributed by atoms with Gasteiger partial charge in [-0.15, -0.1) is 0 Å². The number of nitrogens with zero attached hydrogens (tertiary/aromatic N) is 1. The Morgan fingerprint density at radius 1 is 0.760 bits per heavy atom. The predicted molar refractivity (Wildman–Crippen MR) is 98.4 cm³/mol. The summed E-state index contributed by atoms with van der Waals surface area (Å²) in [5, 5.41) is 10.8. The zero-order valence-corrected chi connectivity index (χ0v) is 14.4. The van der Waals surface area contributed by atoms with Crippen LogP contribution in [-0.4, -0.2) is 4.92 Å². The zero-order valence-electron chi connectivity index (χ0n) is 14.4. The van der Waals surface area contributed by atoms with E-state index in [9.17, 15) is 10.1 Å². The molecule has 0 heterocycles. The lowest BCUT2D eigenvalue weighted by Gasteiger charge is -2.57. The lowest BCUT2D eigenvalue weighted by Crippen LogP contribution is -2.48. The highest BCUT2D eigenvalue weighted by Crippen LogP contribution is 2.60. The van der Waals surface area contributed by atoms with E-state index in [-0.39, 0.29) is 10.6 Å². The van der Waals surface area contributed by atoms with Gasteiger partial charge in [0.2, 0.25) is 0 Å². The number of benzene rings is 2. The van der Waals surface area contributed by atoms with Gasteiger partial charge in [0.25, 0.3) is 5.69 Å². The third-order valence-electron chi connectivity index (χ3n) is 6.95. The summed E-state index contributed by atoms with van der Waals surface area (Å²) in [7, 11) is 0. The van der Waals surface area contributed by atoms with Crippen molar-refractivity contribution < 1.29 is 4.92 Å². The maximum Gasteiger partial charge on any atom is 0.269 e. The minimum absolute atomic E-state index is 0.147. The third kappa shape index (κ3) is 2.48. The summed E-state index contributed by atoms with van der Waals surface area (Å²) in [6.07, 6.45) is 8.57. The van der Waals surface area contributed by atoms with Crippen molar-refractivity contribution in [2.75, 3.05) is 0 Å². The van der Waals surface area contributed by atoms with Crippen molar-refractivity contribution >= 4 is 5.69 Å². The van der Waals surface area contributed by atoms with Crippen LogP contribution in [0.1, 0.15) is 44.1 Å². The van der Waals surface area contributed by atoms with E-state index < -0.39 is 0 Å². The van der Waals surface area contributed by atoms with Crippen LogP contribution in [0.5, 0.6) is 0 Å². The van der Waals surface area contributed by atoms with Gasteiger partial charge in [0.05, 0.1) is 4.92 Å². The first-order valence-electron chi connectivity index (χ1n) is 9.47. The van der Waals surface area contributed by atoms with Crippen LogP contribution in [0.3, 0.4) is 0 Å². The molecular weight excluding hydrogens is 310 g/mol. The molecule has 0 amide bonds. The summed E-state index contributed by atoms with van der Waals surface area (Å²) in [5.74, 6) is 2.88. The topological polar surface area (TPSA) is 43.1 Å². The Morgan fingerprint density at radius 2 is 1.20 bits per heavy atom. The molecule has 3 nitrogen and oxygen atoms in total. The van der Waals surface area contributed by atoms with E-state index in [4.69, 9.17) is 0 Å². The van der Waals surface area contributed by atoms with Gasteiger partial charge >= 0.3 is 0 Å². The zero-order chi connectivity index (χ0) is 17.0. The molecule has 25 heavy (non-hydrogen) atoms. The van der Waals surface area contributed by atoms with Gasteiger partial charge < -0.3 is 0 Å². The van der Waals surface area contributed by atoms with Crippen LogP contribution in [-0.2, 0) is 5.41 Å². The minimum Gasteiger partial charge on any atom is -0.258 e. The summed E-state index contributed by atoms with van der Waals surface area (Å²) in [6, 6.07) is 15.9. The van der Waals surface area contributed by atoms with Gasteiger partial charge in [0.15, 0.2) is 0 Å². The summed E-state index contributed by atoms with van der Waals surface area (Å²) < 4.78 is 0. The van der Waals surface area contributed by atoms with Crippen molar-refractivity contribution in [2.24, 2.45) is 17.8 Å². The van der Waals surface area contributed by atoms with Crippen molar-refractivity contribution in [2.45, 2.75) is 43.9 Å². The molecule has 4 aliphatic rings. The average molecular weight is 333 g/mol. The Hall–Kier alpha value is -2.16. The molecule has 2 aromatic rings. The van der Waals surface area contributed by atoms with Crippen LogP contribution in [0.25, 0.3) is 11.1 Å². The number of hydrogen-bond donors (Lipinski definition) is 0. The molecule has 0 aliphatic heterocycles. The standard InChI is InChI=1S/C22H23NO2/c24-23(25)21-7-3-19(4-8-21)18-1-5-20(6-2-18)22-12-15-9-16(13-22)11-17(10-15)14-22/h1-8,15-17H,9-14H2. The Labute approximate surface area is 148 Å². The summed E-state index contributed by atoms with van der Waals surface area (Å²) in [6.45, 7) is 0. The first kappa shape index (κ1) is 15.1. The average Bonchev–Trinajstić information content (AvgIpc) is 2.61. The molecule has 3 heteroatoms. The molecule has 4 aliphatic carbocycles. The second kappa shape index (κ2) is 5.42. The van der Waals surface area contributed by atoms with E-state index in [0.29, 0.717) is 5.41 Å². The fourth-order valence-corrected chi connectivity index (χ4v) is 6.26. The minimum atomic E-state index is -0.347. The molecule has 4 bridgehead atoms. The maximum atomic E-state index is 10.8. The van der Waals surface area contributed by atoms with Crippen LogP contribution in [0.4, 0.5) is 5.69 Å². The van der Waals surface area contributed by atoms with E-state index in [1.807, 2.05) is 12.1 Å². The molecular formula is C22H23NO2. The number of rotatable bonds is 3. The van der Waals surface area contributed by atoms with Crippen molar-refractivity contribution in [1.82, 2.24) is 0 Å². The molecule has 0 aromatic heterocycles. The monoisotopic (exact) mass is 333 g/mol. The number of hydrogen-bond acceptors (Lipinski definition) is 2. The van der Waals surface area contributed by atoms with Crippen LogP contribution in [0.2, 0.25) is 0 Å². The molecule has 0 saturated heterocycles. The Bertz CT molecular complexity index is 772. The molecule has 4 saturated carbocycles. The second-order valence-electron chi connectivity index (χ2n) is 8.58. The molecule has 0 radical (unpaired) electrons. The normalized spacial score (nSPS) is 32.7. The van der Waals surface area contributed by atoms with Crippen molar-refractivity contribution in [3.63, 3.8) is 0 Å². The quantitative estimate of drug-likeness (QED) is 0.532. The highest BCUT2D eigenvalue weighted by molar-refractivity contribution is 5.65. The van der Waals surface area contributed by atoms with Gasteiger partial charge in [-0.3, -0.25) is 10.1 Å². The smallest absolute Gasteiger partial charge is 0.258 e. The highest BCUT2D eigenvalue weighted by Gasteiger charge is 2.51. The Kier molecular flexibility index (Phi) is 3.28. The van der Waals surface area contributed by atoms with Crippen LogP contribution >= 0.6 is 0 Å². The van der Waals surface area contributed by atoms with Crippen molar-refractivity contribution in [3.05, 3.63) is 64.2 Å². The van der Waals surface area contributed by atoms with Gasteiger partial charge in [0.1, 0.15) is 0 Å². The van der Waals surface area contributed by atoms with Gasteiger partial charge in [-0.2, -0.15) is 0 Å². The fourth-order valence-electron chi connectivity index (χ4n) is 6.26. The molecule has 128 valence electrons. The van der Waals surface area contributed by atoms with Gasteiger partial charge in [-0.05, 0) is 90.5 Å². The second-order valence-corrected chi connectivity index (χ2v) is 8.58. The lowest BCUT2D eigenvalue weighted by atomic mass is 9.48.